The fourth-order valence-corrected chi connectivity index (χ4v) is 7.71. The van der Waals surface area contributed by atoms with Crippen LogP contribution in [0.5, 0.6) is 0 Å². The van der Waals surface area contributed by atoms with Gasteiger partial charge >= 0.3 is 11.9 Å². The van der Waals surface area contributed by atoms with Crippen molar-refractivity contribution in [2.24, 2.45) is 59.2 Å². The largest absolute Gasteiger partial charge is 0.481 e. The molecule has 20 heavy (non-hydrogen) atoms. The van der Waals surface area contributed by atoms with Gasteiger partial charge in [0.2, 0.25) is 0 Å². The van der Waals surface area contributed by atoms with Crippen molar-refractivity contribution < 1.29 is 19.8 Å². The zero-order valence-electron chi connectivity index (χ0n) is 11.3. The van der Waals surface area contributed by atoms with Gasteiger partial charge in [-0.15, -0.1) is 0 Å². The topological polar surface area (TPSA) is 74.6 Å². The average Bonchev–Trinajstić information content (AvgIpc) is 2.41. The van der Waals surface area contributed by atoms with Crippen LogP contribution < -0.4 is 0 Å². The van der Waals surface area contributed by atoms with Crippen LogP contribution >= 0.6 is 0 Å². The van der Waals surface area contributed by atoms with Crippen molar-refractivity contribution in [3.8, 4) is 0 Å². The number of rotatable bonds is 2. The van der Waals surface area contributed by atoms with Crippen LogP contribution in [0.3, 0.4) is 0 Å². The molecule has 8 bridgehead atoms. The highest BCUT2D eigenvalue weighted by Gasteiger charge is 2.71. The minimum absolute atomic E-state index is 0.124. The van der Waals surface area contributed by atoms with E-state index in [4.69, 9.17) is 0 Å². The zero-order chi connectivity index (χ0) is 13.8. The zero-order valence-corrected chi connectivity index (χ0v) is 11.3. The molecule has 7 rings (SSSR count). The van der Waals surface area contributed by atoms with Crippen LogP contribution in [0.25, 0.3) is 0 Å². The lowest BCUT2D eigenvalue weighted by Crippen LogP contribution is -2.69. The van der Waals surface area contributed by atoms with Crippen molar-refractivity contribution in [2.75, 3.05) is 0 Å². The van der Waals surface area contributed by atoms with Gasteiger partial charge in [0, 0.05) is 0 Å². The highest BCUT2D eigenvalue weighted by atomic mass is 16.4. The van der Waals surface area contributed by atoms with Crippen molar-refractivity contribution >= 4 is 11.9 Å². The molecular formula is C16H20O4. The Labute approximate surface area is 117 Å². The predicted molar refractivity (Wildman–Crippen MR) is 68.6 cm³/mol. The lowest BCUT2D eigenvalue weighted by atomic mass is 9.32. The standard InChI is InChI=1S/C16H20O4/c17-15(18)11-5-1-7-8-3-6-4-10(14(8)11)9(2-5)13(7)12(6)16(19)20/h5-14H,1-4H2,(H,17,18)(H,19,20). The molecule has 0 radical (unpaired) electrons. The lowest BCUT2D eigenvalue weighted by molar-refractivity contribution is -0.254. The van der Waals surface area contributed by atoms with Crippen molar-refractivity contribution in [3.63, 3.8) is 0 Å². The van der Waals surface area contributed by atoms with E-state index in [9.17, 15) is 19.8 Å². The molecule has 7 saturated carbocycles. The molecule has 0 aromatic carbocycles. The van der Waals surface area contributed by atoms with Gasteiger partial charge in [-0.05, 0) is 73.0 Å². The summed E-state index contributed by atoms with van der Waals surface area (Å²) in [6.07, 6.45) is 3.95. The van der Waals surface area contributed by atoms with Crippen LogP contribution in [0.2, 0.25) is 0 Å². The molecule has 0 amide bonds. The normalized spacial score (nSPS) is 61.0. The van der Waals surface area contributed by atoms with Crippen molar-refractivity contribution in [1.82, 2.24) is 0 Å². The Kier molecular flexibility index (Phi) is 1.97. The van der Waals surface area contributed by atoms with E-state index < -0.39 is 11.9 Å². The second-order valence-corrected chi connectivity index (χ2v) is 8.00. The maximum absolute atomic E-state index is 11.7. The highest BCUT2D eigenvalue weighted by molar-refractivity contribution is 5.73. The van der Waals surface area contributed by atoms with Crippen molar-refractivity contribution in [3.05, 3.63) is 0 Å². The molecule has 6 atom stereocenters. The van der Waals surface area contributed by atoms with Gasteiger partial charge in [0.25, 0.3) is 0 Å². The Morgan fingerprint density at radius 1 is 0.650 bits per heavy atom. The average molecular weight is 276 g/mol. The molecule has 7 aliphatic carbocycles. The summed E-state index contributed by atoms with van der Waals surface area (Å²) in [7, 11) is 0. The van der Waals surface area contributed by atoms with E-state index in [0.717, 1.165) is 25.7 Å². The van der Waals surface area contributed by atoms with E-state index in [2.05, 4.69) is 0 Å². The molecule has 7 fully saturated rings. The maximum Gasteiger partial charge on any atom is 0.307 e. The molecular weight excluding hydrogens is 256 g/mol. The van der Waals surface area contributed by atoms with E-state index in [-0.39, 0.29) is 11.8 Å². The van der Waals surface area contributed by atoms with E-state index in [1.165, 1.54) is 0 Å². The van der Waals surface area contributed by atoms with Crippen molar-refractivity contribution in [2.45, 2.75) is 25.7 Å². The Morgan fingerprint density at radius 3 is 1.20 bits per heavy atom. The minimum atomic E-state index is -0.584. The Balaban J connectivity index is 1.61. The van der Waals surface area contributed by atoms with Crippen LogP contribution in [-0.4, -0.2) is 22.2 Å². The number of carboxylic acids is 2. The van der Waals surface area contributed by atoms with E-state index in [0.29, 0.717) is 47.3 Å². The molecule has 0 aromatic heterocycles. The van der Waals surface area contributed by atoms with Crippen LogP contribution in [0.15, 0.2) is 0 Å². The Morgan fingerprint density at radius 2 is 0.950 bits per heavy atom. The van der Waals surface area contributed by atoms with Gasteiger partial charge in [-0.25, -0.2) is 0 Å². The third-order valence-corrected chi connectivity index (χ3v) is 7.79. The van der Waals surface area contributed by atoms with E-state index >= 15 is 0 Å². The first-order chi connectivity index (χ1) is 9.58. The van der Waals surface area contributed by atoms with Crippen molar-refractivity contribution in [1.29, 1.82) is 0 Å². The van der Waals surface area contributed by atoms with Gasteiger partial charge in [-0.3, -0.25) is 9.59 Å². The lowest BCUT2D eigenvalue weighted by Gasteiger charge is -2.72. The quantitative estimate of drug-likeness (QED) is 0.808. The molecule has 0 saturated heterocycles. The second kappa shape index (κ2) is 3.40. The molecule has 2 N–H and O–H groups in total. The Hall–Kier alpha value is -1.06. The summed E-state index contributed by atoms with van der Waals surface area (Å²) in [5.41, 5.74) is 0. The molecule has 4 nitrogen and oxygen atoms in total. The SMILES string of the molecule is O=C(O)C1C2CC3C4CC5CC(C(C2)C3C5C(=O)O)C41. The van der Waals surface area contributed by atoms with Gasteiger partial charge in [-0.1, -0.05) is 0 Å². The summed E-state index contributed by atoms with van der Waals surface area (Å²) in [5, 5.41) is 19.2. The summed E-state index contributed by atoms with van der Waals surface area (Å²) < 4.78 is 0. The van der Waals surface area contributed by atoms with Gasteiger partial charge in [0.05, 0.1) is 11.8 Å². The van der Waals surface area contributed by atoms with Crippen LogP contribution in [0, 0.1) is 59.2 Å². The third kappa shape index (κ3) is 1.09. The van der Waals surface area contributed by atoms with Gasteiger partial charge < -0.3 is 10.2 Å². The van der Waals surface area contributed by atoms with E-state index in [1.54, 1.807) is 0 Å². The number of carbonyl (C=O) groups is 2. The molecule has 0 aliphatic heterocycles. The molecule has 6 unspecified atom stereocenters. The monoisotopic (exact) mass is 276 g/mol. The molecule has 0 spiro atoms. The smallest absolute Gasteiger partial charge is 0.307 e. The number of hydrogen-bond donors (Lipinski definition) is 2. The fraction of sp³-hybridized carbons (Fsp3) is 0.875. The summed E-state index contributed by atoms with van der Waals surface area (Å²) in [4.78, 5) is 23.4. The highest BCUT2D eigenvalue weighted by Crippen LogP contribution is 2.73. The molecule has 4 heteroatoms. The molecule has 7 aliphatic rings. The first-order valence-corrected chi connectivity index (χ1v) is 8.03. The first-order valence-electron chi connectivity index (χ1n) is 8.03. The minimum Gasteiger partial charge on any atom is -0.481 e. The summed E-state index contributed by atoms with van der Waals surface area (Å²) >= 11 is 0. The van der Waals surface area contributed by atoms with Crippen LogP contribution in [0.1, 0.15) is 25.7 Å². The van der Waals surface area contributed by atoms with Crippen LogP contribution in [-0.2, 0) is 9.59 Å². The summed E-state index contributed by atoms with van der Waals surface area (Å²) in [6, 6.07) is 0. The number of hydrogen-bond acceptors (Lipinski definition) is 2. The molecule has 0 heterocycles. The van der Waals surface area contributed by atoms with Gasteiger partial charge in [-0.2, -0.15) is 0 Å². The molecule has 108 valence electrons. The predicted octanol–water partition coefficient (Wildman–Crippen LogP) is 1.95. The summed E-state index contributed by atoms with van der Waals surface area (Å²) in [5.74, 6) is 2.08. The summed E-state index contributed by atoms with van der Waals surface area (Å²) in [6.45, 7) is 0. The third-order valence-electron chi connectivity index (χ3n) is 7.79. The number of carboxylic acid groups (broad SMARTS) is 2. The Bertz CT molecular complexity index is 445. The fourth-order valence-electron chi connectivity index (χ4n) is 7.71. The maximum atomic E-state index is 11.7. The van der Waals surface area contributed by atoms with Crippen LogP contribution in [0.4, 0.5) is 0 Å². The molecule has 0 aromatic rings. The number of aliphatic carboxylic acids is 2. The van der Waals surface area contributed by atoms with Gasteiger partial charge in [0.15, 0.2) is 0 Å². The van der Waals surface area contributed by atoms with E-state index in [1.807, 2.05) is 0 Å². The second-order valence-electron chi connectivity index (χ2n) is 8.00. The van der Waals surface area contributed by atoms with Gasteiger partial charge in [0.1, 0.15) is 0 Å². The first kappa shape index (κ1) is 11.6.